The lowest BCUT2D eigenvalue weighted by molar-refractivity contribution is -0.115. The number of para-hydroxylation sites is 1. The summed E-state index contributed by atoms with van der Waals surface area (Å²) in [5.41, 5.74) is 2.58. The molecule has 0 atom stereocenters. The molecule has 0 spiro atoms. The average Bonchev–Trinajstić information content (AvgIpc) is 3.49. The van der Waals surface area contributed by atoms with E-state index in [1.807, 2.05) is 18.2 Å². The second-order valence-electron chi connectivity index (χ2n) is 6.95. The number of benzene rings is 2. The smallest absolute Gasteiger partial charge is 0.253 e. The van der Waals surface area contributed by atoms with E-state index in [0.717, 1.165) is 16.8 Å². The zero-order valence-corrected chi connectivity index (χ0v) is 18.4. The minimum absolute atomic E-state index is 0.153. The molecule has 0 saturated heterocycles. The first kappa shape index (κ1) is 21.5. The first-order valence-corrected chi connectivity index (χ1v) is 10.9. The second kappa shape index (κ2) is 9.61. The third-order valence-corrected chi connectivity index (χ3v) is 5.75. The van der Waals surface area contributed by atoms with Crippen LogP contribution in [0.1, 0.15) is 16.1 Å². The van der Waals surface area contributed by atoms with E-state index in [2.05, 4.69) is 15.3 Å². The number of anilines is 1. The molecule has 0 aliphatic carbocycles. The Hall–Kier alpha value is -3.72. The molecule has 0 unspecified atom stereocenters. The summed E-state index contributed by atoms with van der Waals surface area (Å²) in [5, 5.41) is 3.45. The van der Waals surface area contributed by atoms with E-state index < -0.39 is 0 Å². The van der Waals surface area contributed by atoms with Crippen LogP contribution < -0.4 is 15.0 Å². The minimum atomic E-state index is -0.282. The number of furan rings is 1. The van der Waals surface area contributed by atoms with Gasteiger partial charge in [0.2, 0.25) is 5.91 Å². The summed E-state index contributed by atoms with van der Waals surface area (Å²) >= 11 is 1.30. The number of amides is 2. The van der Waals surface area contributed by atoms with Crippen molar-refractivity contribution in [2.45, 2.75) is 11.7 Å². The predicted molar refractivity (Wildman–Crippen MR) is 123 cm³/mol. The Kier molecular flexibility index (Phi) is 6.46. The van der Waals surface area contributed by atoms with Crippen molar-refractivity contribution in [2.24, 2.45) is 0 Å². The van der Waals surface area contributed by atoms with Crippen LogP contribution in [0.2, 0.25) is 0 Å². The lowest BCUT2D eigenvalue weighted by Gasteiger charge is -2.20. The molecule has 0 aliphatic heterocycles. The van der Waals surface area contributed by atoms with E-state index in [1.165, 1.54) is 16.7 Å². The Morgan fingerprint density at radius 1 is 1.19 bits per heavy atom. The highest BCUT2D eigenvalue weighted by Gasteiger charge is 2.19. The van der Waals surface area contributed by atoms with Crippen molar-refractivity contribution in [2.75, 3.05) is 24.8 Å². The number of carbonyl (C=O) groups is 2. The summed E-state index contributed by atoms with van der Waals surface area (Å²) in [7, 11) is 3.27. The maximum Gasteiger partial charge on any atom is 0.253 e. The van der Waals surface area contributed by atoms with Gasteiger partial charge in [0.05, 0.1) is 48.0 Å². The highest BCUT2D eigenvalue weighted by molar-refractivity contribution is 7.99. The van der Waals surface area contributed by atoms with Gasteiger partial charge in [-0.05, 0) is 36.4 Å². The first-order valence-electron chi connectivity index (χ1n) is 9.88. The summed E-state index contributed by atoms with van der Waals surface area (Å²) in [6.07, 6.45) is 1.55. The van der Waals surface area contributed by atoms with E-state index in [4.69, 9.17) is 9.15 Å². The number of hydrogen-bond acceptors (Lipinski definition) is 6. The molecule has 2 amide bonds. The number of methoxy groups -OCH3 is 1. The van der Waals surface area contributed by atoms with Gasteiger partial charge in [-0.1, -0.05) is 23.9 Å². The maximum absolute atomic E-state index is 12.8. The molecular formula is C23H22N4O4S. The van der Waals surface area contributed by atoms with Gasteiger partial charge in [-0.2, -0.15) is 0 Å². The number of ether oxygens (including phenoxy) is 1. The number of aromatic nitrogens is 2. The van der Waals surface area contributed by atoms with Crippen LogP contribution in [0.15, 0.2) is 70.4 Å². The number of H-pyrrole nitrogens is 1. The molecule has 2 aromatic heterocycles. The van der Waals surface area contributed by atoms with Gasteiger partial charge in [-0.3, -0.25) is 9.59 Å². The Balaban J connectivity index is 1.42. The van der Waals surface area contributed by atoms with E-state index in [-0.39, 0.29) is 24.1 Å². The van der Waals surface area contributed by atoms with Gasteiger partial charge in [0.1, 0.15) is 11.5 Å². The standard InChI is InChI=1S/C23H22N4O4S/c1-27(20-8-4-3-7-17(20)22(29)24-13-16-6-5-11-31-16)21(28)14-32-23-25-18-10-9-15(30-2)12-19(18)26-23/h3-12H,13-14H2,1-2H3,(H,24,29)(H,25,26). The molecule has 0 saturated carbocycles. The first-order chi connectivity index (χ1) is 15.5. The van der Waals surface area contributed by atoms with E-state index in [0.29, 0.717) is 22.2 Å². The van der Waals surface area contributed by atoms with Crippen LogP contribution in [-0.4, -0.2) is 41.7 Å². The zero-order valence-electron chi connectivity index (χ0n) is 17.6. The summed E-state index contributed by atoms with van der Waals surface area (Å²) in [4.78, 5) is 34.7. The van der Waals surface area contributed by atoms with Crippen molar-refractivity contribution in [1.29, 1.82) is 0 Å². The molecule has 0 radical (unpaired) electrons. The Morgan fingerprint density at radius 2 is 2.03 bits per heavy atom. The molecule has 0 bridgehead atoms. The summed E-state index contributed by atoms with van der Waals surface area (Å²) in [6, 6.07) is 16.1. The van der Waals surface area contributed by atoms with Crippen molar-refractivity contribution >= 4 is 40.3 Å². The molecule has 4 aromatic rings. The van der Waals surface area contributed by atoms with Crippen LogP contribution in [-0.2, 0) is 11.3 Å². The van der Waals surface area contributed by atoms with Crippen molar-refractivity contribution in [1.82, 2.24) is 15.3 Å². The van der Waals surface area contributed by atoms with Crippen LogP contribution in [0.25, 0.3) is 11.0 Å². The summed E-state index contributed by atoms with van der Waals surface area (Å²) in [6.45, 7) is 0.268. The van der Waals surface area contributed by atoms with Crippen LogP contribution in [0, 0.1) is 0 Å². The Morgan fingerprint density at radius 3 is 2.81 bits per heavy atom. The third kappa shape index (κ3) is 4.78. The number of nitrogens with zero attached hydrogens (tertiary/aromatic N) is 2. The molecular weight excluding hydrogens is 428 g/mol. The number of thioether (sulfide) groups is 1. The topological polar surface area (TPSA) is 100 Å². The molecule has 2 aromatic carbocycles. The Labute approximate surface area is 189 Å². The van der Waals surface area contributed by atoms with Gasteiger partial charge in [-0.25, -0.2) is 4.98 Å². The fourth-order valence-electron chi connectivity index (χ4n) is 3.16. The highest BCUT2D eigenvalue weighted by atomic mass is 32.2. The lowest BCUT2D eigenvalue weighted by Crippen LogP contribution is -2.31. The molecule has 2 heterocycles. The van der Waals surface area contributed by atoms with Crippen molar-refractivity contribution in [3.8, 4) is 5.75 Å². The maximum atomic E-state index is 12.8. The number of carbonyl (C=O) groups excluding carboxylic acids is 2. The highest BCUT2D eigenvalue weighted by Crippen LogP contribution is 2.25. The molecule has 4 rings (SSSR count). The van der Waals surface area contributed by atoms with Gasteiger partial charge in [0.15, 0.2) is 5.16 Å². The van der Waals surface area contributed by atoms with E-state index >= 15 is 0 Å². The quantitative estimate of drug-likeness (QED) is 0.396. The van der Waals surface area contributed by atoms with Crippen LogP contribution in [0.4, 0.5) is 5.69 Å². The number of imidazole rings is 1. The van der Waals surface area contributed by atoms with Crippen molar-refractivity contribution in [3.63, 3.8) is 0 Å². The van der Waals surface area contributed by atoms with E-state index in [1.54, 1.807) is 56.8 Å². The number of aromatic amines is 1. The molecule has 0 fully saturated rings. The molecule has 164 valence electrons. The normalized spacial score (nSPS) is 10.8. The van der Waals surface area contributed by atoms with E-state index in [9.17, 15) is 9.59 Å². The lowest BCUT2D eigenvalue weighted by atomic mass is 10.1. The van der Waals surface area contributed by atoms with Crippen molar-refractivity contribution in [3.05, 3.63) is 72.2 Å². The van der Waals surface area contributed by atoms with Crippen LogP contribution in [0.5, 0.6) is 5.75 Å². The molecule has 0 aliphatic rings. The average molecular weight is 451 g/mol. The summed E-state index contributed by atoms with van der Waals surface area (Å²) in [5.74, 6) is 1.11. The molecule has 2 N–H and O–H groups in total. The van der Waals surface area contributed by atoms with Crippen molar-refractivity contribution < 1.29 is 18.7 Å². The molecule has 8 nitrogen and oxygen atoms in total. The van der Waals surface area contributed by atoms with Gasteiger partial charge >= 0.3 is 0 Å². The van der Waals surface area contributed by atoms with Gasteiger partial charge in [-0.15, -0.1) is 0 Å². The molecule has 32 heavy (non-hydrogen) atoms. The SMILES string of the molecule is COc1ccc2nc(SCC(=O)N(C)c3ccccc3C(=O)NCc3ccco3)[nH]c2c1. The predicted octanol–water partition coefficient (Wildman–Crippen LogP) is 3.85. The number of hydrogen-bond donors (Lipinski definition) is 2. The fraction of sp³-hybridized carbons (Fsp3) is 0.174. The largest absolute Gasteiger partial charge is 0.497 e. The third-order valence-electron chi connectivity index (χ3n) is 4.89. The van der Waals surface area contributed by atoms with Gasteiger partial charge < -0.3 is 24.4 Å². The van der Waals surface area contributed by atoms with Gasteiger partial charge in [0.25, 0.3) is 5.91 Å². The van der Waals surface area contributed by atoms with Crippen LogP contribution >= 0.6 is 11.8 Å². The minimum Gasteiger partial charge on any atom is -0.497 e. The fourth-order valence-corrected chi connectivity index (χ4v) is 3.95. The van der Waals surface area contributed by atoms with Crippen LogP contribution in [0.3, 0.4) is 0 Å². The molecule has 9 heteroatoms. The Bertz CT molecular complexity index is 1240. The zero-order chi connectivity index (χ0) is 22.5. The second-order valence-corrected chi connectivity index (χ2v) is 7.91. The number of nitrogens with one attached hydrogen (secondary N) is 2. The summed E-state index contributed by atoms with van der Waals surface area (Å²) < 4.78 is 10.5. The number of fused-ring (bicyclic) bond motifs is 1. The monoisotopic (exact) mass is 450 g/mol. The van der Waals surface area contributed by atoms with Gasteiger partial charge in [0, 0.05) is 13.1 Å². The number of rotatable bonds is 8.